The van der Waals surface area contributed by atoms with Crippen LogP contribution in [0, 0.1) is 0 Å². The summed E-state index contributed by atoms with van der Waals surface area (Å²) in [7, 11) is 0. The normalized spacial score (nSPS) is 17.4. The highest BCUT2D eigenvalue weighted by Gasteiger charge is 2.19. The molecule has 0 saturated heterocycles. The summed E-state index contributed by atoms with van der Waals surface area (Å²) in [5, 5.41) is 0. The molecule has 0 aliphatic heterocycles. The van der Waals surface area contributed by atoms with Crippen molar-refractivity contribution in [2.24, 2.45) is 5.84 Å². The minimum absolute atomic E-state index is 0.410. The summed E-state index contributed by atoms with van der Waals surface area (Å²) in [6.45, 7) is 4.29. The summed E-state index contributed by atoms with van der Waals surface area (Å²) in [6, 6.07) is 1.94. The number of aromatic nitrogens is 2. The fourth-order valence-electron chi connectivity index (χ4n) is 2.40. The molecule has 2 rings (SSSR count). The van der Waals surface area contributed by atoms with Crippen LogP contribution in [0.2, 0.25) is 0 Å². The van der Waals surface area contributed by atoms with Crippen molar-refractivity contribution in [3.8, 4) is 0 Å². The van der Waals surface area contributed by atoms with E-state index >= 15 is 0 Å². The van der Waals surface area contributed by atoms with E-state index in [1.54, 1.807) is 0 Å². The summed E-state index contributed by atoms with van der Waals surface area (Å²) in [5.41, 5.74) is 3.73. The zero-order valence-electron chi connectivity index (χ0n) is 10.7. The SMILES string of the molecule is CC(C)c1cc(NN)nc(C2CCCCC2)n1. The molecule has 1 aromatic rings. The molecule has 0 unspecified atom stereocenters. The van der Waals surface area contributed by atoms with Crippen LogP contribution in [0.1, 0.15) is 69.3 Å². The van der Waals surface area contributed by atoms with Crippen LogP contribution in [0.3, 0.4) is 0 Å². The van der Waals surface area contributed by atoms with Gasteiger partial charge in [0.05, 0.1) is 0 Å². The summed E-state index contributed by atoms with van der Waals surface area (Å²) in [6.07, 6.45) is 6.37. The lowest BCUT2D eigenvalue weighted by Gasteiger charge is -2.21. The van der Waals surface area contributed by atoms with Gasteiger partial charge in [-0.15, -0.1) is 0 Å². The van der Waals surface area contributed by atoms with Crippen molar-refractivity contribution < 1.29 is 0 Å². The van der Waals surface area contributed by atoms with Gasteiger partial charge in [0.15, 0.2) is 0 Å². The first-order chi connectivity index (χ1) is 8.20. The van der Waals surface area contributed by atoms with E-state index in [-0.39, 0.29) is 0 Å². The average Bonchev–Trinajstić information content (AvgIpc) is 2.39. The molecule has 3 N–H and O–H groups in total. The van der Waals surface area contributed by atoms with Crippen molar-refractivity contribution in [1.82, 2.24) is 9.97 Å². The molecule has 1 aliphatic carbocycles. The van der Waals surface area contributed by atoms with Gasteiger partial charge in [-0.05, 0) is 18.8 Å². The molecule has 0 radical (unpaired) electrons. The molecule has 0 atom stereocenters. The molecule has 0 spiro atoms. The molecule has 17 heavy (non-hydrogen) atoms. The van der Waals surface area contributed by atoms with Crippen LogP contribution in [-0.4, -0.2) is 9.97 Å². The number of hydrogen-bond acceptors (Lipinski definition) is 4. The summed E-state index contributed by atoms with van der Waals surface area (Å²) in [5.74, 6) is 8.13. The van der Waals surface area contributed by atoms with Crippen molar-refractivity contribution in [3.63, 3.8) is 0 Å². The lowest BCUT2D eigenvalue weighted by Crippen LogP contribution is -2.15. The summed E-state index contributed by atoms with van der Waals surface area (Å²) < 4.78 is 0. The fourth-order valence-corrected chi connectivity index (χ4v) is 2.40. The Labute approximate surface area is 103 Å². The highest BCUT2D eigenvalue weighted by atomic mass is 15.3. The number of rotatable bonds is 3. The van der Waals surface area contributed by atoms with Gasteiger partial charge in [0, 0.05) is 17.7 Å². The predicted octanol–water partition coefficient (Wildman–Crippen LogP) is 2.93. The Kier molecular flexibility index (Phi) is 3.94. The maximum atomic E-state index is 5.48. The molecular formula is C13H22N4. The second-order valence-corrected chi connectivity index (χ2v) is 5.17. The molecule has 0 aromatic carbocycles. The van der Waals surface area contributed by atoms with E-state index in [0.29, 0.717) is 11.8 Å². The van der Waals surface area contributed by atoms with Crippen LogP contribution in [-0.2, 0) is 0 Å². The second kappa shape index (κ2) is 5.45. The lowest BCUT2D eigenvalue weighted by molar-refractivity contribution is 0.427. The Morgan fingerprint density at radius 2 is 1.94 bits per heavy atom. The third-order valence-corrected chi connectivity index (χ3v) is 3.47. The highest BCUT2D eigenvalue weighted by molar-refractivity contribution is 5.36. The summed E-state index contributed by atoms with van der Waals surface area (Å²) in [4.78, 5) is 9.21. The van der Waals surface area contributed by atoms with Crippen LogP contribution in [0.25, 0.3) is 0 Å². The number of nitrogens with one attached hydrogen (secondary N) is 1. The largest absolute Gasteiger partial charge is 0.308 e. The van der Waals surface area contributed by atoms with Gasteiger partial charge in [-0.3, -0.25) is 0 Å². The molecule has 1 fully saturated rings. The van der Waals surface area contributed by atoms with E-state index in [1.807, 2.05) is 6.07 Å². The minimum atomic E-state index is 0.410. The molecule has 4 nitrogen and oxygen atoms in total. The van der Waals surface area contributed by atoms with E-state index in [9.17, 15) is 0 Å². The van der Waals surface area contributed by atoms with E-state index in [1.165, 1.54) is 32.1 Å². The molecule has 1 aliphatic rings. The molecular weight excluding hydrogens is 212 g/mol. The Hall–Kier alpha value is -1.16. The third-order valence-electron chi connectivity index (χ3n) is 3.47. The van der Waals surface area contributed by atoms with E-state index in [0.717, 1.165) is 17.3 Å². The Morgan fingerprint density at radius 3 is 2.53 bits per heavy atom. The zero-order chi connectivity index (χ0) is 12.3. The van der Waals surface area contributed by atoms with Crippen LogP contribution in [0.15, 0.2) is 6.07 Å². The number of anilines is 1. The molecule has 1 saturated carbocycles. The van der Waals surface area contributed by atoms with Gasteiger partial charge in [0.1, 0.15) is 11.6 Å². The maximum absolute atomic E-state index is 5.48. The van der Waals surface area contributed by atoms with E-state index < -0.39 is 0 Å². The number of hydrazine groups is 1. The molecule has 94 valence electrons. The first-order valence-electron chi connectivity index (χ1n) is 6.56. The Bertz CT molecular complexity index is 370. The highest BCUT2D eigenvalue weighted by Crippen LogP contribution is 2.31. The van der Waals surface area contributed by atoms with Gasteiger partial charge in [-0.1, -0.05) is 33.1 Å². The van der Waals surface area contributed by atoms with E-state index in [4.69, 9.17) is 10.8 Å². The number of nitrogen functional groups attached to an aromatic ring is 1. The van der Waals surface area contributed by atoms with Gasteiger partial charge >= 0.3 is 0 Å². The lowest BCUT2D eigenvalue weighted by atomic mass is 9.88. The van der Waals surface area contributed by atoms with Gasteiger partial charge < -0.3 is 5.43 Å². The number of nitrogens with two attached hydrogens (primary N) is 1. The minimum Gasteiger partial charge on any atom is -0.308 e. The monoisotopic (exact) mass is 234 g/mol. The first-order valence-corrected chi connectivity index (χ1v) is 6.56. The van der Waals surface area contributed by atoms with Crippen molar-refractivity contribution >= 4 is 5.82 Å². The van der Waals surface area contributed by atoms with Crippen LogP contribution < -0.4 is 11.3 Å². The van der Waals surface area contributed by atoms with Crippen molar-refractivity contribution in [3.05, 3.63) is 17.6 Å². The summed E-state index contributed by atoms with van der Waals surface area (Å²) >= 11 is 0. The number of nitrogens with zero attached hydrogens (tertiary/aromatic N) is 2. The van der Waals surface area contributed by atoms with Crippen molar-refractivity contribution in [2.75, 3.05) is 5.43 Å². The van der Waals surface area contributed by atoms with Gasteiger partial charge in [-0.2, -0.15) is 0 Å². The van der Waals surface area contributed by atoms with Gasteiger partial charge in [0.2, 0.25) is 0 Å². The average molecular weight is 234 g/mol. The van der Waals surface area contributed by atoms with Crippen LogP contribution in [0.5, 0.6) is 0 Å². The predicted molar refractivity (Wildman–Crippen MR) is 69.8 cm³/mol. The van der Waals surface area contributed by atoms with Crippen LogP contribution >= 0.6 is 0 Å². The smallest absolute Gasteiger partial charge is 0.143 e. The zero-order valence-corrected chi connectivity index (χ0v) is 10.7. The molecule has 0 amide bonds. The van der Waals surface area contributed by atoms with Gasteiger partial charge in [-0.25, -0.2) is 15.8 Å². The van der Waals surface area contributed by atoms with Gasteiger partial charge in [0.25, 0.3) is 0 Å². The van der Waals surface area contributed by atoms with Crippen LogP contribution in [0.4, 0.5) is 5.82 Å². The number of hydrogen-bond donors (Lipinski definition) is 2. The molecule has 4 heteroatoms. The van der Waals surface area contributed by atoms with Crippen molar-refractivity contribution in [2.45, 2.75) is 57.8 Å². The quantitative estimate of drug-likeness (QED) is 0.623. The first kappa shape index (κ1) is 12.3. The third kappa shape index (κ3) is 2.94. The molecule has 1 aromatic heterocycles. The fraction of sp³-hybridized carbons (Fsp3) is 0.692. The molecule has 0 bridgehead atoms. The standard InChI is InChI=1S/C13H22N4/c1-9(2)11-8-12(17-14)16-13(15-11)10-6-4-3-5-7-10/h8-10H,3-7,14H2,1-2H3,(H,15,16,17). The Morgan fingerprint density at radius 1 is 1.24 bits per heavy atom. The van der Waals surface area contributed by atoms with Crippen molar-refractivity contribution in [1.29, 1.82) is 0 Å². The Balaban J connectivity index is 2.28. The molecule has 1 heterocycles. The van der Waals surface area contributed by atoms with E-state index in [2.05, 4.69) is 24.3 Å². The topological polar surface area (TPSA) is 63.8 Å². The maximum Gasteiger partial charge on any atom is 0.143 e. The second-order valence-electron chi connectivity index (χ2n) is 5.17.